The number of hydrogen-bond acceptors (Lipinski definition) is 5. The average molecular weight is 587 g/mol. The van der Waals surface area contributed by atoms with Gasteiger partial charge in [-0.3, -0.25) is 10.1 Å². The molecule has 0 saturated heterocycles. The predicted molar refractivity (Wildman–Crippen MR) is 168 cm³/mol. The molecule has 0 amide bonds. The minimum Gasteiger partial charge on any atom is -0.480 e. The van der Waals surface area contributed by atoms with Gasteiger partial charge in [0.1, 0.15) is 28.9 Å². The Hall–Kier alpha value is -5.76. The van der Waals surface area contributed by atoms with Crippen LogP contribution in [0.1, 0.15) is 16.9 Å². The number of nitrogens with one attached hydrogen (secondary N) is 1. The number of anilines is 1. The number of carbonyl (C=O) groups is 1. The van der Waals surface area contributed by atoms with Crippen LogP contribution in [0.3, 0.4) is 0 Å². The molecule has 0 radical (unpaired) electrons. The molecule has 1 aromatic heterocycles. The van der Waals surface area contributed by atoms with E-state index in [0.717, 1.165) is 16.7 Å². The fraction of sp³-hybridized carbons (Fsp3) is 0.0833. The highest BCUT2D eigenvalue weighted by Gasteiger charge is 2.24. The normalized spacial score (nSPS) is 11.8. The van der Waals surface area contributed by atoms with Crippen LogP contribution in [-0.2, 0) is 17.6 Å². The third kappa shape index (κ3) is 5.91. The number of nitro benzene ring substituents is 1. The lowest BCUT2D eigenvalue weighted by molar-refractivity contribution is -0.383. The van der Waals surface area contributed by atoms with Gasteiger partial charge >= 0.3 is 5.97 Å². The van der Waals surface area contributed by atoms with E-state index < -0.39 is 16.9 Å². The summed E-state index contributed by atoms with van der Waals surface area (Å²) in [5.74, 6) is -0.855. The molecule has 1 heterocycles. The van der Waals surface area contributed by atoms with Gasteiger partial charge in [-0.25, -0.2) is 9.18 Å². The molecule has 1 atom stereocenters. The monoisotopic (exact) mass is 586 g/mol. The molecule has 8 heteroatoms. The zero-order valence-electron chi connectivity index (χ0n) is 23.4. The Kier molecular flexibility index (Phi) is 7.88. The molecule has 0 aliphatic rings. The van der Waals surface area contributed by atoms with Crippen LogP contribution in [0.4, 0.5) is 15.8 Å². The molecule has 0 saturated carbocycles. The van der Waals surface area contributed by atoms with Gasteiger partial charge in [-0.2, -0.15) is 0 Å². The number of fused-ring (bicyclic) bond motifs is 1. The van der Waals surface area contributed by atoms with E-state index in [4.69, 9.17) is 4.42 Å². The molecule has 218 valence electrons. The zero-order chi connectivity index (χ0) is 30.6. The van der Waals surface area contributed by atoms with Crippen molar-refractivity contribution >= 4 is 28.3 Å². The number of benzene rings is 5. The van der Waals surface area contributed by atoms with Crippen molar-refractivity contribution in [2.24, 2.45) is 0 Å². The van der Waals surface area contributed by atoms with Gasteiger partial charge in [-0.05, 0) is 46.0 Å². The SMILES string of the molecule is O=C(O)[C@H](Cc1ccccc1)Nc1ccc(-c2ccc(-c3c(Cc4ccccc4)oc4cccc(F)c34)cc2)cc1[N+](=O)[O-]. The van der Waals surface area contributed by atoms with Gasteiger partial charge in [0.25, 0.3) is 5.69 Å². The number of carboxylic acid groups (broad SMARTS) is 1. The Morgan fingerprint density at radius 1 is 0.818 bits per heavy atom. The van der Waals surface area contributed by atoms with Gasteiger partial charge in [0.2, 0.25) is 0 Å². The number of rotatable bonds is 10. The molecule has 0 aliphatic heterocycles. The number of nitro groups is 1. The van der Waals surface area contributed by atoms with Crippen molar-refractivity contribution in [2.45, 2.75) is 18.9 Å². The molecule has 6 aromatic rings. The van der Waals surface area contributed by atoms with Crippen molar-refractivity contribution in [3.05, 3.63) is 154 Å². The molecule has 0 spiro atoms. The molecular formula is C36H27FN2O5. The fourth-order valence-corrected chi connectivity index (χ4v) is 5.42. The molecule has 44 heavy (non-hydrogen) atoms. The topological polar surface area (TPSA) is 106 Å². The Bertz CT molecular complexity index is 1950. The maximum atomic E-state index is 15.1. The molecule has 0 aliphatic carbocycles. The third-order valence-corrected chi connectivity index (χ3v) is 7.56. The van der Waals surface area contributed by atoms with Crippen molar-refractivity contribution < 1.29 is 23.6 Å². The quantitative estimate of drug-likeness (QED) is 0.123. The van der Waals surface area contributed by atoms with Crippen molar-refractivity contribution in [3.8, 4) is 22.3 Å². The first kappa shape index (κ1) is 28.4. The predicted octanol–water partition coefficient (Wildman–Crippen LogP) is 8.51. The first-order valence-corrected chi connectivity index (χ1v) is 14.0. The first-order valence-electron chi connectivity index (χ1n) is 14.0. The van der Waals surface area contributed by atoms with E-state index in [1.165, 1.54) is 18.2 Å². The van der Waals surface area contributed by atoms with Crippen LogP contribution in [0.5, 0.6) is 0 Å². The van der Waals surface area contributed by atoms with Gasteiger partial charge in [0.15, 0.2) is 0 Å². The minimum atomic E-state index is -1.11. The minimum absolute atomic E-state index is 0.115. The lowest BCUT2D eigenvalue weighted by Crippen LogP contribution is -2.31. The molecule has 0 fully saturated rings. The summed E-state index contributed by atoms with van der Waals surface area (Å²) >= 11 is 0. The molecule has 7 nitrogen and oxygen atoms in total. The molecule has 2 N–H and O–H groups in total. The van der Waals surface area contributed by atoms with Gasteiger partial charge in [0.05, 0.1) is 10.3 Å². The maximum Gasteiger partial charge on any atom is 0.326 e. The Balaban J connectivity index is 1.32. The third-order valence-electron chi connectivity index (χ3n) is 7.56. The van der Waals surface area contributed by atoms with Gasteiger partial charge in [-0.15, -0.1) is 0 Å². The Labute approximate surface area is 252 Å². The molecule has 0 unspecified atom stereocenters. The molecule has 0 bridgehead atoms. The van der Waals surface area contributed by atoms with Crippen LogP contribution in [0.25, 0.3) is 33.2 Å². The van der Waals surface area contributed by atoms with Gasteiger partial charge in [0, 0.05) is 24.5 Å². The van der Waals surface area contributed by atoms with Crippen LogP contribution in [0.2, 0.25) is 0 Å². The number of nitrogens with zero attached hydrogens (tertiary/aromatic N) is 1. The number of furan rings is 1. The molecule has 6 rings (SSSR count). The number of aliphatic carboxylic acids is 1. The van der Waals surface area contributed by atoms with Gasteiger partial charge < -0.3 is 14.8 Å². The van der Waals surface area contributed by atoms with E-state index in [-0.39, 0.29) is 23.6 Å². The summed E-state index contributed by atoms with van der Waals surface area (Å²) in [6, 6.07) is 34.6. The fourth-order valence-electron chi connectivity index (χ4n) is 5.42. The van der Waals surface area contributed by atoms with E-state index in [9.17, 15) is 20.0 Å². The number of halogens is 1. The van der Waals surface area contributed by atoms with Crippen molar-refractivity contribution in [1.29, 1.82) is 0 Å². The molecule has 5 aromatic carbocycles. The van der Waals surface area contributed by atoms with E-state index in [1.807, 2.05) is 84.9 Å². The second-order valence-electron chi connectivity index (χ2n) is 10.5. The Morgan fingerprint density at radius 2 is 1.45 bits per heavy atom. The maximum absolute atomic E-state index is 15.1. The largest absolute Gasteiger partial charge is 0.480 e. The van der Waals surface area contributed by atoms with Crippen LogP contribution >= 0.6 is 0 Å². The summed E-state index contributed by atoms with van der Waals surface area (Å²) in [7, 11) is 0. The summed E-state index contributed by atoms with van der Waals surface area (Å²) in [5, 5.41) is 25.1. The van der Waals surface area contributed by atoms with Crippen LogP contribution in [-0.4, -0.2) is 22.0 Å². The second kappa shape index (κ2) is 12.2. The van der Waals surface area contributed by atoms with Crippen molar-refractivity contribution in [2.75, 3.05) is 5.32 Å². The molecular weight excluding hydrogens is 559 g/mol. The summed E-state index contributed by atoms with van der Waals surface area (Å²) < 4.78 is 21.2. The zero-order valence-corrected chi connectivity index (χ0v) is 23.4. The average Bonchev–Trinajstić information content (AvgIpc) is 3.41. The standard InChI is InChI=1S/C36H27FN2O5/c37-28-12-7-13-32-35(28)34(33(44-32)21-24-10-5-2-6-11-24)26-16-14-25(15-17-26)27-18-19-29(31(22-27)39(42)43)38-30(36(40)41)20-23-8-3-1-4-9-23/h1-19,22,30,38H,20-21H2,(H,40,41)/t30-/m0/s1. The van der Waals surface area contributed by atoms with E-state index in [0.29, 0.717) is 39.8 Å². The van der Waals surface area contributed by atoms with Crippen LogP contribution < -0.4 is 5.32 Å². The summed E-state index contributed by atoms with van der Waals surface area (Å²) in [5.41, 5.74) is 4.86. The lowest BCUT2D eigenvalue weighted by atomic mass is 9.96. The first-order chi connectivity index (χ1) is 21.4. The lowest BCUT2D eigenvalue weighted by Gasteiger charge is -2.16. The smallest absolute Gasteiger partial charge is 0.326 e. The highest BCUT2D eigenvalue weighted by Crippen LogP contribution is 2.39. The van der Waals surface area contributed by atoms with Gasteiger partial charge in [-0.1, -0.05) is 97.1 Å². The highest BCUT2D eigenvalue weighted by atomic mass is 19.1. The summed E-state index contributed by atoms with van der Waals surface area (Å²) in [6.45, 7) is 0. The van der Waals surface area contributed by atoms with E-state index >= 15 is 4.39 Å². The van der Waals surface area contributed by atoms with Crippen LogP contribution in [0, 0.1) is 15.9 Å². The summed E-state index contributed by atoms with van der Waals surface area (Å²) in [6.07, 6.45) is 0.639. The van der Waals surface area contributed by atoms with Crippen molar-refractivity contribution in [1.82, 2.24) is 0 Å². The number of carboxylic acids is 1. The Morgan fingerprint density at radius 3 is 2.11 bits per heavy atom. The highest BCUT2D eigenvalue weighted by molar-refractivity contribution is 5.96. The van der Waals surface area contributed by atoms with E-state index in [1.54, 1.807) is 18.2 Å². The van der Waals surface area contributed by atoms with Crippen LogP contribution in [0.15, 0.2) is 126 Å². The van der Waals surface area contributed by atoms with E-state index in [2.05, 4.69) is 5.32 Å². The number of hydrogen-bond donors (Lipinski definition) is 2. The second-order valence-corrected chi connectivity index (χ2v) is 10.5. The summed E-state index contributed by atoms with van der Waals surface area (Å²) in [4.78, 5) is 23.5. The van der Waals surface area contributed by atoms with Crippen molar-refractivity contribution in [3.63, 3.8) is 0 Å².